The number of alkyl halides is 3. The van der Waals surface area contributed by atoms with Gasteiger partial charge < -0.3 is 4.55 Å². The van der Waals surface area contributed by atoms with Crippen molar-refractivity contribution in [3.05, 3.63) is 18.2 Å². The van der Waals surface area contributed by atoms with Crippen LogP contribution in [-0.2, 0) is 32.8 Å². The van der Waals surface area contributed by atoms with E-state index in [1.807, 2.05) is 30.9 Å². The molecule has 0 unspecified atom stereocenters. The molecule has 0 aliphatic carbocycles. The summed E-state index contributed by atoms with van der Waals surface area (Å²) in [5, 5.41) is 0. The summed E-state index contributed by atoms with van der Waals surface area (Å²) in [6, 6.07) is 0. The maximum Gasteiger partial charge on any atom is 0.485 e. The monoisotopic (exact) mass is 400 g/mol. The first kappa shape index (κ1) is 22.1. The second kappa shape index (κ2) is 8.31. The summed E-state index contributed by atoms with van der Waals surface area (Å²) in [4.78, 5) is 0. The first-order valence-electron chi connectivity index (χ1n) is 6.11. The molecule has 23 heavy (non-hydrogen) atoms. The Kier molecular flexibility index (Phi) is 8.00. The number of imidazole rings is 1. The van der Waals surface area contributed by atoms with E-state index in [1.54, 1.807) is 0 Å². The molecular formula is C10H16ClF3N2O5S2. The van der Waals surface area contributed by atoms with E-state index < -0.39 is 24.7 Å². The SMILES string of the molecule is Cc1n(CCCCS(=O)(=O)Cl)cc[n+]1C.O=S(=O)([O-])C(F)(F)F. The first-order valence-corrected chi connectivity index (χ1v) is 9.99. The van der Waals surface area contributed by atoms with Crippen LogP contribution in [0.5, 0.6) is 0 Å². The summed E-state index contributed by atoms with van der Waals surface area (Å²) in [5.74, 6) is 1.21. The molecule has 0 N–H and O–H groups in total. The Morgan fingerprint density at radius 2 is 1.74 bits per heavy atom. The number of aryl methyl sites for hydroxylation is 2. The molecule has 0 fully saturated rings. The highest BCUT2D eigenvalue weighted by molar-refractivity contribution is 8.13. The smallest absolute Gasteiger partial charge is 0.485 e. The van der Waals surface area contributed by atoms with E-state index >= 15 is 0 Å². The third-order valence-corrected chi connectivity index (χ3v) is 4.52. The van der Waals surface area contributed by atoms with E-state index in [2.05, 4.69) is 4.57 Å². The van der Waals surface area contributed by atoms with Crippen molar-refractivity contribution in [3.8, 4) is 0 Å². The topological polar surface area (TPSA) is 100 Å². The number of rotatable bonds is 5. The van der Waals surface area contributed by atoms with Gasteiger partial charge in [0, 0.05) is 17.6 Å². The number of halogens is 4. The molecule has 0 aromatic carbocycles. The Bertz CT molecular complexity index is 713. The molecule has 1 heterocycles. The number of nitrogens with zero attached hydrogens (tertiary/aromatic N) is 2. The number of hydrogen-bond acceptors (Lipinski definition) is 5. The average molecular weight is 401 g/mol. The number of hydrogen-bond donors (Lipinski definition) is 0. The third kappa shape index (κ3) is 9.13. The molecule has 0 amide bonds. The van der Waals surface area contributed by atoms with Crippen molar-refractivity contribution < 1.29 is 39.1 Å². The molecular weight excluding hydrogens is 385 g/mol. The predicted octanol–water partition coefficient (Wildman–Crippen LogP) is 1.02. The third-order valence-electron chi connectivity index (χ3n) is 2.72. The lowest BCUT2D eigenvalue weighted by molar-refractivity contribution is -0.677. The van der Waals surface area contributed by atoms with Gasteiger partial charge >= 0.3 is 5.51 Å². The Morgan fingerprint density at radius 3 is 2.04 bits per heavy atom. The Balaban J connectivity index is 0.000000515. The van der Waals surface area contributed by atoms with Crippen LogP contribution in [0.25, 0.3) is 0 Å². The zero-order valence-electron chi connectivity index (χ0n) is 12.2. The van der Waals surface area contributed by atoms with Crippen LogP contribution in [0.3, 0.4) is 0 Å². The van der Waals surface area contributed by atoms with Crippen molar-refractivity contribution in [3.63, 3.8) is 0 Å². The lowest BCUT2D eigenvalue weighted by Crippen LogP contribution is -2.29. The van der Waals surface area contributed by atoms with Crippen LogP contribution in [0, 0.1) is 6.92 Å². The summed E-state index contributed by atoms with van der Waals surface area (Å²) < 4.78 is 84.4. The van der Waals surface area contributed by atoms with Crippen molar-refractivity contribution >= 4 is 29.9 Å². The molecule has 0 atom stereocenters. The minimum absolute atomic E-state index is 0.0565. The largest absolute Gasteiger partial charge is 0.741 e. The second-order valence-corrected chi connectivity index (χ2v) is 8.77. The molecule has 1 rings (SSSR count). The minimum Gasteiger partial charge on any atom is -0.741 e. The van der Waals surface area contributed by atoms with E-state index in [-0.39, 0.29) is 5.75 Å². The molecule has 1 aromatic rings. The number of unbranched alkanes of at least 4 members (excludes halogenated alkanes) is 1. The Morgan fingerprint density at radius 1 is 1.26 bits per heavy atom. The lowest BCUT2D eigenvalue weighted by atomic mass is 10.3. The van der Waals surface area contributed by atoms with E-state index in [0.29, 0.717) is 6.42 Å². The molecule has 136 valence electrons. The fraction of sp³-hybridized carbons (Fsp3) is 0.700. The van der Waals surface area contributed by atoms with Crippen LogP contribution in [0.4, 0.5) is 13.2 Å². The van der Waals surface area contributed by atoms with Gasteiger partial charge in [0.25, 0.3) is 5.82 Å². The summed E-state index contributed by atoms with van der Waals surface area (Å²) in [6.45, 7) is 2.86. The maximum absolute atomic E-state index is 10.7. The summed E-state index contributed by atoms with van der Waals surface area (Å²) in [7, 11) is -2.32. The van der Waals surface area contributed by atoms with Crippen LogP contribution in [-0.4, -0.2) is 37.2 Å². The standard InChI is InChI=1S/C9H16ClN2O2S.CHF3O3S/c1-9-11(2)6-7-12(9)5-3-4-8-15(10,13)14;2-1(3,4)8(5,6)7/h6-7H,3-5,8H2,1-2H3;(H,5,6,7)/q+1;/p-1. The van der Waals surface area contributed by atoms with Gasteiger partial charge in [-0.15, -0.1) is 0 Å². The predicted molar refractivity (Wildman–Crippen MR) is 75.0 cm³/mol. The van der Waals surface area contributed by atoms with E-state index in [1.165, 1.54) is 0 Å². The zero-order chi connectivity index (χ0) is 18.5. The van der Waals surface area contributed by atoms with Gasteiger partial charge in [0.2, 0.25) is 9.05 Å². The molecule has 0 saturated carbocycles. The Labute approximate surface area is 136 Å². The van der Waals surface area contributed by atoms with Gasteiger partial charge in [-0.25, -0.2) is 26.0 Å². The highest BCUT2D eigenvalue weighted by Crippen LogP contribution is 2.20. The molecule has 0 bridgehead atoms. The van der Waals surface area contributed by atoms with Crippen molar-refractivity contribution in [1.29, 1.82) is 0 Å². The van der Waals surface area contributed by atoms with Crippen LogP contribution >= 0.6 is 10.7 Å². The lowest BCUT2D eigenvalue weighted by Gasteiger charge is -2.08. The maximum atomic E-state index is 10.7. The van der Waals surface area contributed by atoms with Crippen LogP contribution < -0.4 is 4.57 Å². The first-order chi connectivity index (χ1) is 10.1. The summed E-state index contributed by atoms with van der Waals surface area (Å²) in [5.41, 5.74) is -5.65. The zero-order valence-corrected chi connectivity index (χ0v) is 14.6. The molecule has 0 aliphatic heterocycles. The van der Waals surface area contributed by atoms with Crippen LogP contribution in [0.1, 0.15) is 18.7 Å². The Hall–Kier alpha value is -0.850. The fourth-order valence-corrected chi connectivity index (χ4v) is 2.27. The molecule has 7 nitrogen and oxygen atoms in total. The van der Waals surface area contributed by atoms with E-state index in [0.717, 1.165) is 18.8 Å². The van der Waals surface area contributed by atoms with Crippen LogP contribution in [0.15, 0.2) is 12.4 Å². The summed E-state index contributed by atoms with van der Waals surface area (Å²) >= 11 is 0. The molecule has 0 spiro atoms. The van der Waals surface area contributed by atoms with Crippen LogP contribution in [0.2, 0.25) is 0 Å². The van der Waals surface area contributed by atoms with Gasteiger partial charge in [0.05, 0.1) is 19.3 Å². The fourth-order valence-electron chi connectivity index (χ4n) is 1.39. The molecule has 13 heteroatoms. The average Bonchev–Trinajstić information content (AvgIpc) is 2.63. The quantitative estimate of drug-likeness (QED) is 0.241. The van der Waals surface area contributed by atoms with Gasteiger partial charge in [-0.2, -0.15) is 13.2 Å². The van der Waals surface area contributed by atoms with Crippen molar-refractivity contribution in [2.45, 2.75) is 31.8 Å². The molecule has 0 aliphatic rings. The number of aromatic nitrogens is 2. The van der Waals surface area contributed by atoms with E-state index in [9.17, 15) is 21.6 Å². The van der Waals surface area contributed by atoms with Crippen molar-refractivity contribution in [2.75, 3.05) is 5.75 Å². The molecule has 0 radical (unpaired) electrons. The second-order valence-electron chi connectivity index (χ2n) is 4.50. The molecule has 1 aromatic heterocycles. The van der Waals surface area contributed by atoms with Gasteiger partial charge in [-0.3, -0.25) is 0 Å². The highest BCUT2D eigenvalue weighted by atomic mass is 35.7. The van der Waals surface area contributed by atoms with Crippen molar-refractivity contribution in [1.82, 2.24) is 4.57 Å². The van der Waals surface area contributed by atoms with Crippen molar-refractivity contribution in [2.24, 2.45) is 7.05 Å². The van der Waals surface area contributed by atoms with Gasteiger partial charge in [0.1, 0.15) is 12.4 Å². The highest BCUT2D eigenvalue weighted by Gasteiger charge is 2.36. The minimum atomic E-state index is -6.09. The van der Waals surface area contributed by atoms with Gasteiger partial charge in [-0.1, -0.05) is 0 Å². The van der Waals surface area contributed by atoms with Gasteiger partial charge in [-0.05, 0) is 12.8 Å². The van der Waals surface area contributed by atoms with E-state index in [4.69, 9.17) is 23.7 Å². The normalized spacial score (nSPS) is 12.7. The molecule has 0 saturated heterocycles. The summed E-state index contributed by atoms with van der Waals surface area (Å²) in [6.07, 6.45) is 5.40. The van der Waals surface area contributed by atoms with Gasteiger partial charge in [0.15, 0.2) is 10.1 Å².